The average molecular weight is 457 g/mol. The van der Waals surface area contributed by atoms with Crippen LogP contribution in [-0.4, -0.2) is 28.3 Å². The smallest absolute Gasteiger partial charge is 0.254 e. The number of aryl methyl sites for hydroxylation is 2. The monoisotopic (exact) mass is 456 g/mol. The summed E-state index contributed by atoms with van der Waals surface area (Å²) in [5.41, 5.74) is 2.23. The second-order valence-electron chi connectivity index (χ2n) is 7.09. The molecule has 0 bridgehead atoms. The van der Waals surface area contributed by atoms with Crippen molar-refractivity contribution in [2.75, 3.05) is 11.9 Å². The van der Waals surface area contributed by atoms with E-state index in [0.29, 0.717) is 23.3 Å². The highest BCUT2D eigenvalue weighted by atomic mass is 32.2. The minimum atomic E-state index is -0.925. The first-order chi connectivity index (χ1) is 15.3. The molecule has 0 saturated heterocycles. The Hall–Kier alpha value is -3.33. The van der Waals surface area contributed by atoms with E-state index in [9.17, 15) is 18.4 Å². The molecule has 0 fully saturated rings. The van der Waals surface area contributed by atoms with Crippen LogP contribution in [0.1, 0.15) is 34.6 Å². The van der Waals surface area contributed by atoms with Gasteiger partial charge in [0.05, 0.1) is 5.56 Å². The number of hydrogen-bond acceptors (Lipinski definition) is 5. The number of carbonyl (C=O) groups is 2. The van der Waals surface area contributed by atoms with Crippen molar-refractivity contribution in [1.82, 2.24) is 15.3 Å². The molecule has 3 aromatic rings. The van der Waals surface area contributed by atoms with Crippen LogP contribution in [0.4, 0.5) is 14.5 Å². The van der Waals surface area contributed by atoms with Crippen molar-refractivity contribution in [3.8, 4) is 0 Å². The summed E-state index contributed by atoms with van der Waals surface area (Å²) in [6.45, 7) is 4.03. The van der Waals surface area contributed by atoms with Gasteiger partial charge in [0, 0.05) is 41.0 Å². The fourth-order valence-electron chi connectivity index (χ4n) is 2.89. The lowest BCUT2D eigenvalue weighted by molar-refractivity contribution is -0.116. The number of anilines is 1. The van der Waals surface area contributed by atoms with Crippen molar-refractivity contribution in [1.29, 1.82) is 0 Å². The zero-order valence-electron chi connectivity index (χ0n) is 17.6. The van der Waals surface area contributed by atoms with Crippen LogP contribution in [0.15, 0.2) is 58.6 Å². The fourth-order valence-corrected chi connectivity index (χ4v) is 3.76. The third-order valence-electron chi connectivity index (χ3n) is 4.35. The van der Waals surface area contributed by atoms with Gasteiger partial charge < -0.3 is 10.6 Å². The first-order valence-corrected chi connectivity index (χ1v) is 10.7. The molecule has 166 valence electrons. The molecule has 2 N–H and O–H groups in total. The Morgan fingerprint density at radius 1 is 0.969 bits per heavy atom. The van der Waals surface area contributed by atoms with Gasteiger partial charge in [-0.15, -0.1) is 0 Å². The summed E-state index contributed by atoms with van der Waals surface area (Å²) < 4.78 is 26.5. The van der Waals surface area contributed by atoms with Gasteiger partial charge in [-0.25, -0.2) is 18.7 Å². The Morgan fingerprint density at radius 2 is 1.66 bits per heavy atom. The van der Waals surface area contributed by atoms with Gasteiger partial charge in [0.1, 0.15) is 11.6 Å². The number of nitrogens with one attached hydrogen (secondary N) is 2. The van der Waals surface area contributed by atoms with Crippen molar-refractivity contribution in [2.45, 2.75) is 36.7 Å². The molecule has 9 heteroatoms. The molecule has 1 aromatic heterocycles. The summed E-state index contributed by atoms with van der Waals surface area (Å²) in [4.78, 5) is 33.8. The molecular weight excluding hydrogens is 434 g/mol. The SMILES string of the molecule is Cc1cc(C)nc(Sc2ccc(NC(=O)CCCNC(=O)c3ccc(F)cc3F)cc2)n1. The standard InChI is InChI=1S/C23H22F2N4O2S/c1-14-12-15(2)28-23(27-14)32-18-8-6-17(7-9-18)29-21(30)4-3-11-26-22(31)19-10-5-16(24)13-20(19)25/h5-10,12-13H,3-4,11H2,1-2H3,(H,26,31)(H,29,30). The van der Waals surface area contributed by atoms with Gasteiger partial charge in [-0.3, -0.25) is 9.59 Å². The second kappa shape index (κ2) is 10.8. The van der Waals surface area contributed by atoms with E-state index in [1.807, 2.05) is 32.0 Å². The average Bonchev–Trinajstić information content (AvgIpc) is 2.72. The largest absolute Gasteiger partial charge is 0.352 e. The van der Waals surface area contributed by atoms with Gasteiger partial charge in [-0.2, -0.15) is 0 Å². The van der Waals surface area contributed by atoms with Gasteiger partial charge in [0.2, 0.25) is 5.91 Å². The van der Waals surface area contributed by atoms with Gasteiger partial charge in [-0.05, 0) is 74.5 Å². The Bertz CT molecular complexity index is 1100. The van der Waals surface area contributed by atoms with Crippen LogP contribution < -0.4 is 10.6 Å². The number of rotatable bonds is 8. The molecule has 2 aromatic carbocycles. The minimum Gasteiger partial charge on any atom is -0.352 e. The molecule has 0 unspecified atom stereocenters. The zero-order chi connectivity index (χ0) is 23.1. The number of halogens is 2. The van der Waals surface area contributed by atoms with Gasteiger partial charge >= 0.3 is 0 Å². The maximum atomic E-state index is 13.6. The number of amides is 2. The van der Waals surface area contributed by atoms with E-state index in [0.717, 1.165) is 28.4 Å². The molecule has 0 radical (unpaired) electrons. The molecule has 32 heavy (non-hydrogen) atoms. The summed E-state index contributed by atoms with van der Waals surface area (Å²) in [6, 6.07) is 12.0. The molecule has 0 aliphatic carbocycles. The third kappa shape index (κ3) is 6.84. The number of aromatic nitrogens is 2. The molecule has 6 nitrogen and oxygen atoms in total. The van der Waals surface area contributed by atoms with Crippen LogP contribution in [0.2, 0.25) is 0 Å². The van der Waals surface area contributed by atoms with Gasteiger partial charge in [-0.1, -0.05) is 0 Å². The minimum absolute atomic E-state index is 0.180. The van der Waals surface area contributed by atoms with Crippen LogP contribution in [-0.2, 0) is 4.79 Å². The molecule has 2 amide bonds. The molecule has 3 rings (SSSR count). The van der Waals surface area contributed by atoms with E-state index < -0.39 is 17.5 Å². The van der Waals surface area contributed by atoms with E-state index >= 15 is 0 Å². The quantitative estimate of drug-likeness (QED) is 0.380. The normalized spacial score (nSPS) is 10.6. The van der Waals surface area contributed by atoms with Crippen LogP contribution in [0.5, 0.6) is 0 Å². The third-order valence-corrected chi connectivity index (χ3v) is 5.22. The highest BCUT2D eigenvalue weighted by molar-refractivity contribution is 7.99. The maximum absolute atomic E-state index is 13.6. The van der Waals surface area contributed by atoms with E-state index in [2.05, 4.69) is 20.6 Å². The summed E-state index contributed by atoms with van der Waals surface area (Å²) in [6.07, 6.45) is 0.553. The topological polar surface area (TPSA) is 84.0 Å². The maximum Gasteiger partial charge on any atom is 0.254 e. The second-order valence-corrected chi connectivity index (χ2v) is 8.13. The Kier molecular flexibility index (Phi) is 7.88. The lowest BCUT2D eigenvalue weighted by Crippen LogP contribution is -2.26. The van der Waals surface area contributed by atoms with Crippen molar-refractivity contribution in [3.63, 3.8) is 0 Å². The molecule has 0 spiro atoms. The summed E-state index contributed by atoms with van der Waals surface area (Å²) in [5.74, 6) is -2.53. The zero-order valence-corrected chi connectivity index (χ0v) is 18.4. The Labute approximate surface area is 188 Å². The molecule has 0 saturated carbocycles. The van der Waals surface area contributed by atoms with Crippen molar-refractivity contribution in [3.05, 3.63) is 77.1 Å². The predicted octanol–water partition coefficient (Wildman–Crippen LogP) is 4.67. The molecule has 0 aliphatic heterocycles. The van der Waals surface area contributed by atoms with E-state index in [1.54, 1.807) is 12.1 Å². The first kappa shape index (κ1) is 23.3. The Morgan fingerprint density at radius 3 is 2.31 bits per heavy atom. The predicted molar refractivity (Wildman–Crippen MR) is 119 cm³/mol. The molecule has 1 heterocycles. The lowest BCUT2D eigenvalue weighted by Gasteiger charge is -2.08. The van der Waals surface area contributed by atoms with E-state index in [1.165, 1.54) is 11.8 Å². The molecular formula is C23H22F2N4O2S. The van der Waals surface area contributed by atoms with Crippen LogP contribution in [0.3, 0.4) is 0 Å². The van der Waals surface area contributed by atoms with Crippen LogP contribution >= 0.6 is 11.8 Å². The number of carbonyl (C=O) groups excluding carboxylic acids is 2. The van der Waals surface area contributed by atoms with E-state index in [-0.39, 0.29) is 24.4 Å². The molecule has 0 aliphatic rings. The van der Waals surface area contributed by atoms with Crippen molar-refractivity contribution >= 4 is 29.3 Å². The fraction of sp³-hybridized carbons (Fsp3) is 0.217. The Balaban J connectivity index is 1.42. The summed E-state index contributed by atoms with van der Waals surface area (Å²) in [5, 5.41) is 5.98. The number of hydrogen-bond donors (Lipinski definition) is 2. The summed E-state index contributed by atoms with van der Waals surface area (Å²) in [7, 11) is 0. The van der Waals surface area contributed by atoms with Gasteiger partial charge in [0.25, 0.3) is 5.91 Å². The van der Waals surface area contributed by atoms with E-state index in [4.69, 9.17) is 0 Å². The highest BCUT2D eigenvalue weighted by Crippen LogP contribution is 2.26. The van der Waals surface area contributed by atoms with Crippen molar-refractivity contribution in [2.24, 2.45) is 0 Å². The molecule has 0 atom stereocenters. The first-order valence-electron chi connectivity index (χ1n) is 9.93. The van der Waals surface area contributed by atoms with Gasteiger partial charge in [0.15, 0.2) is 5.16 Å². The summed E-state index contributed by atoms with van der Waals surface area (Å²) >= 11 is 1.44. The van der Waals surface area contributed by atoms with Crippen LogP contribution in [0, 0.1) is 25.5 Å². The van der Waals surface area contributed by atoms with Crippen LogP contribution in [0.25, 0.3) is 0 Å². The van der Waals surface area contributed by atoms with Crippen molar-refractivity contribution < 1.29 is 18.4 Å². The lowest BCUT2D eigenvalue weighted by atomic mass is 10.2. The number of nitrogens with zero attached hydrogens (tertiary/aromatic N) is 2. The number of benzene rings is 2. The highest BCUT2D eigenvalue weighted by Gasteiger charge is 2.12.